The van der Waals surface area contributed by atoms with Crippen LogP contribution in [0.4, 0.5) is 0 Å². The Balaban J connectivity index is 1.02. The maximum Gasteiger partial charge on any atom is 0.160 e. The predicted molar refractivity (Wildman–Crippen MR) is 285 cm³/mol. The van der Waals surface area contributed by atoms with Gasteiger partial charge >= 0.3 is 0 Å². The van der Waals surface area contributed by atoms with Crippen LogP contribution < -0.4 is 0 Å². The highest BCUT2D eigenvalue weighted by atomic mass is 15.0. The smallest absolute Gasteiger partial charge is 0.160 e. The summed E-state index contributed by atoms with van der Waals surface area (Å²) in [5.41, 5.74) is 15.3. The molecular formula is C64H40N4. The first-order valence-corrected chi connectivity index (χ1v) is 23.2. The number of benzene rings is 11. The van der Waals surface area contributed by atoms with Crippen molar-refractivity contribution in [3.8, 4) is 56.3 Å². The van der Waals surface area contributed by atoms with Crippen molar-refractivity contribution in [3.05, 3.63) is 243 Å². The van der Waals surface area contributed by atoms with E-state index in [1.807, 2.05) is 0 Å². The quantitative estimate of drug-likeness (QED) is 0.156. The van der Waals surface area contributed by atoms with Gasteiger partial charge in [0.15, 0.2) is 5.82 Å². The van der Waals surface area contributed by atoms with Crippen LogP contribution in [0.1, 0.15) is 0 Å². The molecule has 14 rings (SSSR count). The zero-order chi connectivity index (χ0) is 44.7. The molecule has 0 atom stereocenters. The summed E-state index contributed by atoms with van der Waals surface area (Å²) in [6, 6.07) is 87.4. The number of fused-ring (bicyclic) bond motifs is 12. The van der Waals surface area contributed by atoms with Gasteiger partial charge < -0.3 is 9.13 Å². The molecule has 0 aliphatic carbocycles. The van der Waals surface area contributed by atoms with Crippen molar-refractivity contribution in [2.45, 2.75) is 0 Å². The molecule has 316 valence electrons. The Hall–Kier alpha value is -9.12. The average Bonchev–Trinajstić information content (AvgIpc) is 3.93. The van der Waals surface area contributed by atoms with E-state index in [1.54, 1.807) is 0 Å². The standard InChI is InChI=1S/C64H40N4/c1-4-16-41(17-5-1)43-28-32-45(33-29-43)62-55-38-48(36-37-57(55)65-64(66-62)46-34-30-44(31-35-46)42-18-6-2-7-19-42)67-58-27-15-14-24-51(58)54-39-56-60(40-59(54)67)68(47-20-8-3-9-21-47)63-53-26-13-11-23-50(53)49-22-10-12-25-52(49)61(56)63/h1-40H. The molecule has 4 nitrogen and oxygen atoms in total. The molecule has 0 bridgehead atoms. The third kappa shape index (κ3) is 5.94. The van der Waals surface area contributed by atoms with Gasteiger partial charge in [-0.15, -0.1) is 0 Å². The third-order valence-electron chi connectivity index (χ3n) is 13.9. The van der Waals surface area contributed by atoms with Crippen LogP contribution in [0, 0.1) is 0 Å². The fourth-order valence-electron chi connectivity index (χ4n) is 10.8. The number of nitrogens with zero attached hydrogens (tertiary/aromatic N) is 4. The van der Waals surface area contributed by atoms with E-state index < -0.39 is 0 Å². The molecule has 3 heterocycles. The summed E-state index contributed by atoms with van der Waals surface area (Å²) in [5, 5.41) is 10.9. The molecule has 0 saturated carbocycles. The summed E-state index contributed by atoms with van der Waals surface area (Å²) < 4.78 is 4.92. The normalized spacial score (nSPS) is 11.8. The maximum atomic E-state index is 5.43. The number of hydrogen-bond donors (Lipinski definition) is 0. The van der Waals surface area contributed by atoms with E-state index in [-0.39, 0.29) is 0 Å². The third-order valence-corrected chi connectivity index (χ3v) is 13.9. The maximum absolute atomic E-state index is 5.43. The Bertz CT molecular complexity index is 4270. The lowest BCUT2D eigenvalue weighted by Crippen LogP contribution is -1.99. The zero-order valence-electron chi connectivity index (χ0n) is 36.9. The molecule has 3 aromatic heterocycles. The fourth-order valence-corrected chi connectivity index (χ4v) is 10.8. The highest BCUT2D eigenvalue weighted by Gasteiger charge is 2.23. The Morgan fingerprint density at radius 3 is 1.46 bits per heavy atom. The first-order valence-electron chi connectivity index (χ1n) is 23.2. The van der Waals surface area contributed by atoms with Crippen molar-refractivity contribution in [3.63, 3.8) is 0 Å². The largest absolute Gasteiger partial charge is 0.309 e. The predicted octanol–water partition coefficient (Wildman–Crippen LogP) is 16.8. The van der Waals surface area contributed by atoms with E-state index in [0.717, 1.165) is 66.8 Å². The van der Waals surface area contributed by atoms with Crippen molar-refractivity contribution in [2.75, 3.05) is 0 Å². The minimum Gasteiger partial charge on any atom is -0.309 e. The van der Waals surface area contributed by atoms with Crippen LogP contribution in [0.25, 0.3) is 132 Å². The van der Waals surface area contributed by atoms with Gasteiger partial charge in [-0.3, -0.25) is 0 Å². The molecule has 0 N–H and O–H groups in total. The van der Waals surface area contributed by atoms with Gasteiger partial charge in [0.25, 0.3) is 0 Å². The Morgan fingerprint density at radius 2 is 0.779 bits per heavy atom. The Morgan fingerprint density at radius 1 is 0.265 bits per heavy atom. The van der Waals surface area contributed by atoms with E-state index in [2.05, 4.69) is 252 Å². The fraction of sp³-hybridized carbons (Fsp3) is 0. The second kappa shape index (κ2) is 15.2. The molecule has 0 spiro atoms. The van der Waals surface area contributed by atoms with Gasteiger partial charge in [0.05, 0.1) is 33.3 Å². The van der Waals surface area contributed by atoms with Crippen LogP contribution >= 0.6 is 0 Å². The summed E-state index contributed by atoms with van der Waals surface area (Å²) >= 11 is 0. The zero-order valence-corrected chi connectivity index (χ0v) is 36.9. The second-order valence-electron chi connectivity index (χ2n) is 17.7. The summed E-state index contributed by atoms with van der Waals surface area (Å²) in [5.74, 6) is 0.694. The van der Waals surface area contributed by atoms with Crippen molar-refractivity contribution in [1.29, 1.82) is 0 Å². The molecule has 0 aliphatic heterocycles. The highest BCUT2D eigenvalue weighted by molar-refractivity contribution is 6.33. The van der Waals surface area contributed by atoms with Gasteiger partial charge in [0.1, 0.15) is 0 Å². The molecule has 0 saturated heterocycles. The van der Waals surface area contributed by atoms with Crippen LogP contribution in [0.5, 0.6) is 0 Å². The topological polar surface area (TPSA) is 35.6 Å². The van der Waals surface area contributed by atoms with Crippen molar-refractivity contribution >= 4 is 76.1 Å². The van der Waals surface area contributed by atoms with E-state index in [0.29, 0.717) is 5.82 Å². The molecule has 0 radical (unpaired) electrons. The Labute approximate surface area is 392 Å². The lowest BCUT2D eigenvalue weighted by Gasteiger charge is -2.14. The monoisotopic (exact) mass is 864 g/mol. The van der Waals surface area contributed by atoms with Crippen LogP contribution in [0.15, 0.2) is 243 Å². The van der Waals surface area contributed by atoms with E-state index in [9.17, 15) is 0 Å². The van der Waals surface area contributed by atoms with Gasteiger partial charge in [-0.05, 0) is 86.9 Å². The molecule has 0 aliphatic rings. The molecule has 0 unspecified atom stereocenters. The molecule has 0 amide bonds. The second-order valence-corrected chi connectivity index (χ2v) is 17.7. The molecule has 4 heteroatoms. The molecule has 11 aromatic carbocycles. The summed E-state index contributed by atoms with van der Waals surface area (Å²) in [4.78, 5) is 10.7. The van der Waals surface area contributed by atoms with E-state index in [1.165, 1.54) is 59.7 Å². The number of rotatable bonds is 6. The van der Waals surface area contributed by atoms with Gasteiger partial charge in [-0.25, -0.2) is 9.97 Å². The van der Waals surface area contributed by atoms with Gasteiger partial charge in [0.2, 0.25) is 0 Å². The van der Waals surface area contributed by atoms with Crippen molar-refractivity contribution in [1.82, 2.24) is 19.1 Å². The molecule has 14 aromatic rings. The summed E-state index contributed by atoms with van der Waals surface area (Å²) in [6.45, 7) is 0. The van der Waals surface area contributed by atoms with E-state index in [4.69, 9.17) is 9.97 Å². The molecular weight excluding hydrogens is 825 g/mol. The SMILES string of the molecule is c1ccc(-c2ccc(-c3nc(-c4ccc(-c5ccccc5)cc4)c4cc(-n5c6ccccc6c6cc7c8c9ccccc9c9ccccc9c8n(-c8ccccc8)c7cc65)ccc4n3)cc2)cc1. The first kappa shape index (κ1) is 38.2. The minimum atomic E-state index is 0.694. The highest BCUT2D eigenvalue weighted by Crippen LogP contribution is 2.45. The van der Waals surface area contributed by atoms with Crippen molar-refractivity contribution in [2.24, 2.45) is 0 Å². The van der Waals surface area contributed by atoms with E-state index >= 15 is 0 Å². The number of aromatic nitrogens is 4. The summed E-state index contributed by atoms with van der Waals surface area (Å²) in [7, 11) is 0. The van der Waals surface area contributed by atoms with Gasteiger partial charge in [-0.1, -0.05) is 194 Å². The summed E-state index contributed by atoms with van der Waals surface area (Å²) in [6.07, 6.45) is 0. The number of para-hydroxylation sites is 2. The molecule has 68 heavy (non-hydrogen) atoms. The lowest BCUT2D eigenvalue weighted by atomic mass is 9.96. The van der Waals surface area contributed by atoms with Crippen LogP contribution in [-0.4, -0.2) is 19.1 Å². The van der Waals surface area contributed by atoms with Gasteiger partial charge in [-0.2, -0.15) is 0 Å². The average molecular weight is 865 g/mol. The van der Waals surface area contributed by atoms with Gasteiger partial charge in [0, 0.05) is 54.8 Å². The molecule has 0 fully saturated rings. The minimum absolute atomic E-state index is 0.694. The number of hydrogen-bond acceptors (Lipinski definition) is 2. The first-order chi connectivity index (χ1) is 33.7. The van der Waals surface area contributed by atoms with Crippen molar-refractivity contribution < 1.29 is 0 Å². The van der Waals surface area contributed by atoms with Crippen LogP contribution in [-0.2, 0) is 0 Å². The lowest BCUT2D eigenvalue weighted by molar-refractivity contribution is 1.17. The van der Waals surface area contributed by atoms with Crippen LogP contribution in [0.3, 0.4) is 0 Å². The Kier molecular flexibility index (Phi) is 8.55. The van der Waals surface area contributed by atoms with Crippen LogP contribution in [0.2, 0.25) is 0 Å².